The molecule has 1 aromatic heterocycles. The van der Waals surface area contributed by atoms with E-state index in [-0.39, 0.29) is 6.61 Å². The number of hydrogen-bond donors (Lipinski definition) is 1. The smallest absolute Gasteiger partial charge is 0.120 e. The standard InChI is InChI=1S/C13H15ClN2O2/c1-16-8-10(7-15-16)5-12(17)9-18-13-4-2-3-11(14)6-13/h2-4,6-8,12,17H,5,9H2,1H3. The van der Waals surface area contributed by atoms with E-state index >= 15 is 0 Å². The summed E-state index contributed by atoms with van der Waals surface area (Å²) in [4.78, 5) is 0. The first-order chi connectivity index (χ1) is 8.63. The SMILES string of the molecule is Cn1cc(CC(O)COc2cccc(Cl)c2)cn1. The molecule has 0 saturated heterocycles. The maximum Gasteiger partial charge on any atom is 0.120 e. The van der Waals surface area contributed by atoms with Crippen LogP contribution in [0.15, 0.2) is 36.7 Å². The quantitative estimate of drug-likeness (QED) is 0.901. The Kier molecular flexibility index (Phi) is 4.23. The Morgan fingerprint density at radius 3 is 3.00 bits per heavy atom. The number of ether oxygens (including phenoxy) is 1. The van der Waals surface area contributed by atoms with E-state index in [9.17, 15) is 5.11 Å². The van der Waals surface area contributed by atoms with Crippen LogP contribution >= 0.6 is 11.6 Å². The molecule has 96 valence electrons. The molecule has 2 rings (SSSR count). The number of aliphatic hydroxyl groups excluding tert-OH is 1. The van der Waals surface area contributed by atoms with Crippen LogP contribution in [0.1, 0.15) is 5.56 Å². The van der Waals surface area contributed by atoms with Crippen molar-refractivity contribution in [2.45, 2.75) is 12.5 Å². The molecule has 1 N–H and O–H groups in total. The minimum Gasteiger partial charge on any atom is -0.491 e. The maximum absolute atomic E-state index is 9.85. The average molecular weight is 267 g/mol. The van der Waals surface area contributed by atoms with Crippen molar-refractivity contribution in [3.05, 3.63) is 47.2 Å². The van der Waals surface area contributed by atoms with E-state index in [2.05, 4.69) is 5.10 Å². The van der Waals surface area contributed by atoms with E-state index < -0.39 is 6.10 Å². The lowest BCUT2D eigenvalue weighted by Crippen LogP contribution is -2.19. The van der Waals surface area contributed by atoms with E-state index in [1.54, 1.807) is 23.0 Å². The fraction of sp³-hybridized carbons (Fsp3) is 0.308. The molecule has 0 bridgehead atoms. The predicted octanol–water partition coefficient (Wildman–Crippen LogP) is 2.06. The number of rotatable bonds is 5. The third-order valence-electron chi connectivity index (χ3n) is 2.47. The Morgan fingerprint density at radius 1 is 1.50 bits per heavy atom. The van der Waals surface area contributed by atoms with Gasteiger partial charge in [0.25, 0.3) is 0 Å². The van der Waals surface area contributed by atoms with Crippen molar-refractivity contribution < 1.29 is 9.84 Å². The average Bonchev–Trinajstić information content (AvgIpc) is 2.72. The molecule has 2 aromatic rings. The third kappa shape index (κ3) is 3.75. The van der Waals surface area contributed by atoms with Gasteiger partial charge in [-0.05, 0) is 23.8 Å². The van der Waals surface area contributed by atoms with Gasteiger partial charge in [-0.15, -0.1) is 0 Å². The second-order valence-corrected chi connectivity index (χ2v) is 4.59. The molecule has 0 aliphatic rings. The Balaban J connectivity index is 1.83. The lowest BCUT2D eigenvalue weighted by atomic mass is 10.2. The van der Waals surface area contributed by atoms with Gasteiger partial charge >= 0.3 is 0 Å². The highest BCUT2D eigenvalue weighted by molar-refractivity contribution is 6.30. The van der Waals surface area contributed by atoms with Crippen molar-refractivity contribution in [2.75, 3.05) is 6.61 Å². The zero-order valence-corrected chi connectivity index (χ0v) is 10.8. The van der Waals surface area contributed by atoms with E-state index in [0.717, 1.165) is 5.56 Å². The van der Waals surface area contributed by atoms with Crippen LogP contribution in [0.5, 0.6) is 5.75 Å². The van der Waals surface area contributed by atoms with Gasteiger partial charge in [0.1, 0.15) is 12.4 Å². The van der Waals surface area contributed by atoms with Gasteiger partial charge in [0.15, 0.2) is 0 Å². The second-order valence-electron chi connectivity index (χ2n) is 4.15. The number of aryl methyl sites for hydroxylation is 1. The zero-order valence-electron chi connectivity index (χ0n) is 10.1. The molecule has 5 heteroatoms. The predicted molar refractivity (Wildman–Crippen MR) is 69.9 cm³/mol. The third-order valence-corrected chi connectivity index (χ3v) is 2.70. The molecule has 0 fully saturated rings. The summed E-state index contributed by atoms with van der Waals surface area (Å²) in [6, 6.07) is 7.12. The van der Waals surface area contributed by atoms with Crippen LogP contribution in [0, 0.1) is 0 Å². The van der Waals surface area contributed by atoms with Gasteiger partial charge in [-0.3, -0.25) is 4.68 Å². The van der Waals surface area contributed by atoms with E-state index in [4.69, 9.17) is 16.3 Å². The summed E-state index contributed by atoms with van der Waals surface area (Å²) < 4.78 is 7.17. The van der Waals surface area contributed by atoms with Gasteiger partial charge in [0.2, 0.25) is 0 Å². The summed E-state index contributed by atoms with van der Waals surface area (Å²) >= 11 is 5.84. The van der Waals surface area contributed by atoms with Gasteiger partial charge in [0.05, 0.1) is 12.3 Å². The Bertz CT molecular complexity index is 513. The molecule has 1 atom stereocenters. The molecule has 0 amide bonds. The van der Waals surface area contributed by atoms with Gasteiger partial charge in [0, 0.05) is 24.7 Å². The minimum atomic E-state index is -0.562. The van der Waals surface area contributed by atoms with Crippen molar-refractivity contribution in [1.82, 2.24) is 9.78 Å². The Hall–Kier alpha value is -1.52. The largest absolute Gasteiger partial charge is 0.491 e. The van der Waals surface area contributed by atoms with Crippen LogP contribution in [0.4, 0.5) is 0 Å². The van der Waals surface area contributed by atoms with Crippen LogP contribution < -0.4 is 4.74 Å². The molecule has 18 heavy (non-hydrogen) atoms. The van der Waals surface area contributed by atoms with E-state index in [0.29, 0.717) is 17.2 Å². The highest BCUT2D eigenvalue weighted by atomic mass is 35.5. The topological polar surface area (TPSA) is 47.3 Å². The lowest BCUT2D eigenvalue weighted by molar-refractivity contribution is 0.108. The maximum atomic E-state index is 9.85. The number of benzene rings is 1. The number of aromatic nitrogens is 2. The first-order valence-corrected chi connectivity index (χ1v) is 6.05. The summed E-state index contributed by atoms with van der Waals surface area (Å²) in [5.74, 6) is 0.660. The minimum absolute atomic E-state index is 0.231. The van der Waals surface area contributed by atoms with Gasteiger partial charge in [-0.1, -0.05) is 17.7 Å². The van der Waals surface area contributed by atoms with Crippen LogP contribution in [0.25, 0.3) is 0 Å². The fourth-order valence-corrected chi connectivity index (χ4v) is 1.84. The molecule has 0 aliphatic heterocycles. The van der Waals surface area contributed by atoms with Gasteiger partial charge < -0.3 is 9.84 Å². The molecule has 0 spiro atoms. The number of halogens is 1. The molecule has 1 heterocycles. The summed E-state index contributed by atoms with van der Waals surface area (Å²) in [7, 11) is 1.85. The summed E-state index contributed by atoms with van der Waals surface area (Å²) in [6.45, 7) is 0.231. The molecule has 0 saturated carbocycles. The summed E-state index contributed by atoms with van der Waals surface area (Å²) in [6.07, 6.45) is 3.58. The van der Waals surface area contributed by atoms with Crippen LogP contribution in [0.2, 0.25) is 5.02 Å². The van der Waals surface area contributed by atoms with Crippen molar-refractivity contribution in [3.63, 3.8) is 0 Å². The van der Waals surface area contributed by atoms with E-state index in [1.807, 2.05) is 25.4 Å². The lowest BCUT2D eigenvalue weighted by Gasteiger charge is -2.11. The van der Waals surface area contributed by atoms with Crippen molar-refractivity contribution in [2.24, 2.45) is 7.05 Å². The van der Waals surface area contributed by atoms with E-state index in [1.165, 1.54) is 0 Å². The fourth-order valence-electron chi connectivity index (χ4n) is 1.66. The second kappa shape index (κ2) is 5.89. The highest BCUT2D eigenvalue weighted by Gasteiger charge is 2.08. The van der Waals surface area contributed by atoms with Crippen LogP contribution in [-0.4, -0.2) is 27.6 Å². The Labute approximate surface area is 111 Å². The summed E-state index contributed by atoms with van der Waals surface area (Å²) in [5, 5.41) is 14.5. The Morgan fingerprint density at radius 2 is 2.33 bits per heavy atom. The van der Waals surface area contributed by atoms with Gasteiger partial charge in [-0.25, -0.2) is 0 Å². The van der Waals surface area contributed by atoms with Crippen molar-refractivity contribution >= 4 is 11.6 Å². The normalized spacial score (nSPS) is 12.4. The number of aliphatic hydroxyl groups is 1. The molecule has 4 nitrogen and oxygen atoms in total. The molecule has 0 radical (unpaired) electrons. The van der Waals surface area contributed by atoms with Crippen molar-refractivity contribution in [1.29, 1.82) is 0 Å². The molecular weight excluding hydrogens is 252 g/mol. The van der Waals surface area contributed by atoms with Crippen LogP contribution in [-0.2, 0) is 13.5 Å². The number of hydrogen-bond acceptors (Lipinski definition) is 3. The molecule has 1 aromatic carbocycles. The van der Waals surface area contributed by atoms with Gasteiger partial charge in [-0.2, -0.15) is 5.10 Å². The monoisotopic (exact) mass is 266 g/mol. The first kappa shape index (κ1) is 12.9. The summed E-state index contributed by atoms with van der Waals surface area (Å²) in [5.41, 5.74) is 0.986. The number of nitrogens with zero attached hydrogens (tertiary/aromatic N) is 2. The first-order valence-electron chi connectivity index (χ1n) is 5.67. The molecule has 0 aliphatic carbocycles. The van der Waals surface area contributed by atoms with Crippen LogP contribution in [0.3, 0.4) is 0 Å². The molecule has 1 unspecified atom stereocenters. The van der Waals surface area contributed by atoms with Crippen molar-refractivity contribution in [3.8, 4) is 5.75 Å². The highest BCUT2D eigenvalue weighted by Crippen LogP contribution is 2.17. The molecular formula is C13H15ClN2O2. The zero-order chi connectivity index (χ0) is 13.0.